The Labute approximate surface area is 95.8 Å². The Hall–Kier alpha value is -1.10. The molecule has 0 aromatic carbocycles. The van der Waals surface area contributed by atoms with Gasteiger partial charge in [0.15, 0.2) is 0 Å². The molecule has 0 saturated carbocycles. The zero-order chi connectivity index (χ0) is 12.0. The highest BCUT2D eigenvalue weighted by molar-refractivity contribution is 6.31. The molecule has 1 aliphatic rings. The highest BCUT2D eigenvalue weighted by atomic mass is 16.4. The largest absolute Gasteiger partial charge is 0.474 e. The molecule has 92 valence electrons. The second-order valence-electron chi connectivity index (χ2n) is 4.30. The Morgan fingerprint density at radius 3 is 2.81 bits per heavy atom. The molecule has 0 aliphatic carbocycles. The Bertz CT molecular complexity index is 256. The summed E-state index contributed by atoms with van der Waals surface area (Å²) in [6.45, 7) is 4.71. The highest BCUT2D eigenvalue weighted by Crippen LogP contribution is 2.15. The second kappa shape index (κ2) is 6.48. The molecule has 0 aromatic heterocycles. The van der Waals surface area contributed by atoms with Gasteiger partial charge in [-0.05, 0) is 32.7 Å². The molecule has 1 saturated heterocycles. The van der Waals surface area contributed by atoms with Gasteiger partial charge >= 0.3 is 11.9 Å². The molecule has 1 aliphatic heterocycles. The van der Waals surface area contributed by atoms with Gasteiger partial charge in [0.2, 0.25) is 0 Å². The van der Waals surface area contributed by atoms with E-state index in [1.165, 1.54) is 19.3 Å². The number of aliphatic carboxylic acids is 1. The average molecular weight is 228 g/mol. The van der Waals surface area contributed by atoms with E-state index in [1.807, 2.05) is 0 Å². The molecule has 1 heterocycles. The van der Waals surface area contributed by atoms with E-state index < -0.39 is 11.9 Å². The van der Waals surface area contributed by atoms with Gasteiger partial charge < -0.3 is 15.3 Å². The third kappa shape index (κ3) is 4.18. The van der Waals surface area contributed by atoms with Crippen molar-refractivity contribution >= 4 is 11.9 Å². The summed E-state index contributed by atoms with van der Waals surface area (Å²) in [5, 5.41) is 10.7. The van der Waals surface area contributed by atoms with Crippen molar-refractivity contribution in [2.24, 2.45) is 0 Å². The molecule has 1 amide bonds. The first-order valence-electron chi connectivity index (χ1n) is 5.86. The van der Waals surface area contributed by atoms with Crippen molar-refractivity contribution < 1.29 is 14.7 Å². The van der Waals surface area contributed by atoms with Crippen LogP contribution in [-0.4, -0.2) is 47.6 Å². The highest BCUT2D eigenvalue weighted by Gasteiger charge is 2.17. The fourth-order valence-corrected chi connectivity index (χ4v) is 2.05. The average Bonchev–Trinajstić information content (AvgIpc) is 2.26. The third-order valence-corrected chi connectivity index (χ3v) is 3.04. The van der Waals surface area contributed by atoms with E-state index in [-0.39, 0.29) is 0 Å². The van der Waals surface area contributed by atoms with Gasteiger partial charge in [-0.1, -0.05) is 6.42 Å². The zero-order valence-electron chi connectivity index (χ0n) is 9.74. The minimum atomic E-state index is -1.41. The maximum atomic E-state index is 10.7. The van der Waals surface area contributed by atoms with E-state index in [4.69, 9.17) is 5.11 Å². The summed E-state index contributed by atoms with van der Waals surface area (Å²) in [6, 6.07) is 0.615. The van der Waals surface area contributed by atoms with Crippen LogP contribution in [0.3, 0.4) is 0 Å². The van der Waals surface area contributed by atoms with Crippen LogP contribution in [0.2, 0.25) is 0 Å². The van der Waals surface area contributed by atoms with Crippen LogP contribution in [0.1, 0.15) is 32.6 Å². The fourth-order valence-electron chi connectivity index (χ4n) is 2.05. The number of carbonyl (C=O) groups is 2. The number of rotatable bonds is 4. The summed E-state index contributed by atoms with van der Waals surface area (Å²) >= 11 is 0. The molecular weight excluding hydrogens is 208 g/mol. The first-order valence-corrected chi connectivity index (χ1v) is 5.86. The quantitative estimate of drug-likeness (QED) is 0.541. The fraction of sp³-hybridized carbons (Fsp3) is 0.818. The summed E-state index contributed by atoms with van der Waals surface area (Å²) in [7, 11) is 0. The van der Waals surface area contributed by atoms with Crippen molar-refractivity contribution in [2.45, 2.75) is 38.6 Å². The molecule has 0 radical (unpaired) electrons. The predicted octanol–water partition coefficient (Wildman–Crippen LogP) is 0.452. The van der Waals surface area contributed by atoms with Gasteiger partial charge in [0.1, 0.15) is 0 Å². The Morgan fingerprint density at radius 2 is 2.19 bits per heavy atom. The summed E-state index contributed by atoms with van der Waals surface area (Å²) < 4.78 is 0. The Morgan fingerprint density at radius 1 is 1.44 bits per heavy atom. The van der Waals surface area contributed by atoms with Gasteiger partial charge in [-0.2, -0.15) is 0 Å². The second-order valence-corrected chi connectivity index (χ2v) is 4.30. The van der Waals surface area contributed by atoms with Gasteiger partial charge in [0.05, 0.1) is 0 Å². The minimum absolute atomic E-state index is 0.439. The number of nitrogens with zero attached hydrogens (tertiary/aromatic N) is 1. The first-order chi connectivity index (χ1) is 7.61. The van der Waals surface area contributed by atoms with Crippen molar-refractivity contribution in [3.05, 3.63) is 0 Å². The number of likely N-dealkylation sites (tertiary alicyclic amines) is 1. The molecule has 1 unspecified atom stereocenters. The van der Waals surface area contributed by atoms with Gasteiger partial charge in [-0.15, -0.1) is 0 Å². The van der Waals surface area contributed by atoms with E-state index in [2.05, 4.69) is 17.1 Å². The molecule has 1 fully saturated rings. The van der Waals surface area contributed by atoms with E-state index in [0.29, 0.717) is 12.6 Å². The summed E-state index contributed by atoms with van der Waals surface area (Å²) in [5.74, 6) is -2.32. The molecule has 2 N–H and O–H groups in total. The van der Waals surface area contributed by atoms with Gasteiger partial charge in [0, 0.05) is 19.1 Å². The number of hydrogen-bond donors (Lipinski definition) is 2. The number of piperidine rings is 1. The normalized spacial score (nSPS) is 21.7. The zero-order valence-corrected chi connectivity index (χ0v) is 9.74. The topological polar surface area (TPSA) is 69.6 Å². The van der Waals surface area contributed by atoms with Crippen molar-refractivity contribution in [1.29, 1.82) is 0 Å². The van der Waals surface area contributed by atoms with E-state index in [9.17, 15) is 9.59 Å². The van der Waals surface area contributed by atoms with E-state index in [0.717, 1.165) is 19.5 Å². The van der Waals surface area contributed by atoms with Crippen LogP contribution < -0.4 is 5.32 Å². The lowest BCUT2D eigenvalue weighted by atomic mass is 10.0. The van der Waals surface area contributed by atoms with Crippen molar-refractivity contribution in [1.82, 2.24) is 10.2 Å². The number of carboxylic acids is 1. The summed E-state index contributed by atoms with van der Waals surface area (Å²) in [4.78, 5) is 23.4. The molecule has 1 rings (SSSR count). The van der Waals surface area contributed by atoms with E-state index in [1.54, 1.807) is 0 Å². The SMILES string of the molecule is CC1CCCCN1CCCNC(=O)C(=O)O. The number of amides is 1. The lowest BCUT2D eigenvalue weighted by Gasteiger charge is -2.33. The number of nitrogens with one attached hydrogen (secondary N) is 1. The van der Waals surface area contributed by atoms with Crippen molar-refractivity contribution in [3.63, 3.8) is 0 Å². The van der Waals surface area contributed by atoms with Crippen LogP contribution in [0.25, 0.3) is 0 Å². The van der Waals surface area contributed by atoms with Gasteiger partial charge in [0.25, 0.3) is 0 Å². The predicted molar refractivity (Wildman–Crippen MR) is 60.1 cm³/mol. The first kappa shape index (κ1) is 13.0. The van der Waals surface area contributed by atoms with Gasteiger partial charge in [-0.3, -0.25) is 4.79 Å². The van der Waals surface area contributed by atoms with Crippen molar-refractivity contribution in [2.75, 3.05) is 19.6 Å². The van der Waals surface area contributed by atoms with Crippen LogP contribution in [-0.2, 0) is 9.59 Å². The molecule has 0 bridgehead atoms. The van der Waals surface area contributed by atoms with E-state index >= 15 is 0 Å². The maximum absolute atomic E-state index is 10.7. The van der Waals surface area contributed by atoms with Crippen LogP contribution >= 0.6 is 0 Å². The molecule has 0 spiro atoms. The summed E-state index contributed by atoms with van der Waals surface area (Å²) in [6.07, 6.45) is 4.59. The summed E-state index contributed by atoms with van der Waals surface area (Å²) in [5.41, 5.74) is 0. The van der Waals surface area contributed by atoms with Crippen LogP contribution in [0.4, 0.5) is 0 Å². The maximum Gasteiger partial charge on any atom is 0.394 e. The molecular formula is C11H20N2O3. The van der Waals surface area contributed by atoms with Crippen LogP contribution in [0.15, 0.2) is 0 Å². The Kier molecular flexibility index (Phi) is 5.25. The molecule has 5 nitrogen and oxygen atoms in total. The van der Waals surface area contributed by atoms with Crippen molar-refractivity contribution in [3.8, 4) is 0 Å². The monoisotopic (exact) mass is 228 g/mol. The smallest absolute Gasteiger partial charge is 0.394 e. The standard InChI is InChI=1S/C11H20N2O3/c1-9-5-2-3-7-13(9)8-4-6-12-10(14)11(15)16/h9H,2-8H2,1H3,(H,12,14)(H,15,16). The number of hydrogen-bond acceptors (Lipinski definition) is 3. The number of carbonyl (C=O) groups excluding carboxylic acids is 1. The lowest BCUT2D eigenvalue weighted by Crippen LogP contribution is -2.39. The van der Waals surface area contributed by atoms with Crippen LogP contribution in [0, 0.1) is 0 Å². The molecule has 1 atom stereocenters. The third-order valence-electron chi connectivity index (χ3n) is 3.04. The molecule has 5 heteroatoms. The van der Waals surface area contributed by atoms with Gasteiger partial charge in [-0.25, -0.2) is 4.79 Å². The molecule has 0 aromatic rings. The molecule has 16 heavy (non-hydrogen) atoms. The Balaban J connectivity index is 2.10. The van der Waals surface area contributed by atoms with Crippen LogP contribution in [0.5, 0.6) is 0 Å². The number of carboxylic acid groups (broad SMARTS) is 1. The minimum Gasteiger partial charge on any atom is -0.474 e. The lowest BCUT2D eigenvalue weighted by molar-refractivity contribution is -0.150.